The number of nitrogens with one attached hydrogen (secondary N) is 1. The third kappa shape index (κ3) is 4.84. The lowest BCUT2D eigenvalue weighted by Gasteiger charge is -2.21. The van der Waals surface area contributed by atoms with Gasteiger partial charge in [0.1, 0.15) is 0 Å². The Morgan fingerprint density at radius 1 is 1.00 bits per heavy atom. The Bertz CT molecular complexity index is 845. The van der Waals surface area contributed by atoms with Gasteiger partial charge in [-0.15, -0.1) is 0 Å². The van der Waals surface area contributed by atoms with E-state index in [0.717, 1.165) is 12.8 Å². The highest BCUT2D eigenvalue weighted by atomic mass is 35.5. The lowest BCUT2D eigenvalue weighted by Crippen LogP contribution is -2.32. The topological polar surface area (TPSA) is 66.5 Å². The van der Waals surface area contributed by atoms with Gasteiger partial charge in [-0.25, -0.2) is 8.42 Å². The second kappa shape index (κ2) is 9.16. The first kappa shape index (κ1) is 20.4. The lowest BCUT2D eigenvalue weighted by molar-refractivity contribution is 0.102. The van der Waals surface area contributed by atoms with E-state index < -0.39 is 10.0 Å². The van der Waals surface area contributed by atoms with Gasteiger partial charge in [-0.05, 0) is 49.2 Å². The zero-order valence-corrected chi connectivity index (χ0v) is 16.5. The molecular weight excluding hydrogens is 372 g/mol. The van der Waals surface area contributed by atoms with Crippen molar-refractivity contribution >= 4 is 33.2 Å². The molecule has 2 aromatic rings. The van der Waals surface area contributed by atoms with Crippen LogP contribution in [0.1, 0.15) is 37.0 Å². The van der Waals surface area contributed by atoms with Crippen LogP contribution < -0.4 is 5.32 Å². The summed E-state index contributed by atoms with van der Waals surface area (Å²) in [4.78, 5) is 12.5. The van der Waals surface area contributed by atoms with Gasteiger partial charge in [0.05, 0.1) is 15.5 Å². The second-order valence-corrected chi connectivity index (χ2v) is 8.21. The molecule has 140 valence electrons. The summed E-state index contributed by atoms with van der Waals surface area (Å²) in [5.41, 5.74) is 0.870. The molecule has 1 N–H and O–H groups in total. The number of carbonyl (C=O) groups excluding carboxylic acids is 1. The number of nitrogens with zero attached hydrogens (tertiary/aromatic N) is 1. The number of amides is 1. The van der Waals surface area contributed by atoms with Gasteiger partial charge in [0.25, 0.3) is 5.91 Å². The van der Waals surface area contributed by atoms with Gasteiger partial charge >= 0.3 is 0 Å². The van der Waals surface area contributed by atoms with Crippen LogP contribution >= 0.6 is 11.6 Å². The largest absolute Gasteiger partial charge is 0.322 e. The molecule has 1 amide bonds. The summed E-state index contributed by atoms with van der Waals surface area (Å²) in [6.45, 7) is 4.87. The maximum atomic E-state index is 12.7. The van der Waals surface area contributed by atoms with Crippen LogP contribution in [0.5, 0.6) is 0 Å². The summed E-state index contributed by atoms with van der Waals surface area (Å²) in [6.07, 6.45) is 1.51. The van der Waals surface area contributed by atoms with E-state index in [1.807, 2.05) is 13.8 Å². The summed E-state index contributed by atoms with van der Waals surface area (Å²) in [5, 5.41) is 3.09. The number of carbonyl (C=O) groups is 1. The average Bonchev–Trinajstić information content (AvgIpc) is 2.62. The van der Waals surface area contributed by atoms with E-state index >= 15 is 0 Å². The number of halogens is 1. The Morgan fingerprint density at radius 3 is 2.12 bits per heavy atom. The van der Waals surface area contributed by atoms with E-state index in [1.54, 1.807) is 36.4 Å². The minimum absolute atomic E-state index is 0.218. The fourth-order valence-electron chi connectivity index (χ4n) is 2.55. The first-order chi connectivity index (χ1) is 12.4. The predicted molar refractivity (Wildman–Crippen MR) is 105 cm³/mol. The van der Waals surface area contributed by atoms with Crippen molar-refractivity contribution in [3.05, 3.63) is 59.1 Å². The fraction of sp³-hybridized carbons (Fsp3) is 0.316. The van der Waals surface area contributed by atoms with Crippen LogP contribution in [-0.4, -0.2) is 31.7 Å². The number of sulfonamides is 1. The van der Waals surface area contributed by atoms with Crippen LogP contribution in [0.25, 0.3) is 0 Å². The van der Waals surface area contributed by atoms with E-state index in [-0.39, 0.29) is 10.8 Å². The monoisotopic (exact) mass is 394 g/mol. The molecule has 0 saturated carbocycles. The quantitative estimate of drug-likeness (QED) is 0.721. The SMILES string of the molecule is CCCN(CCC)S(=O)(=O)c1ccc(NC(=O)c2ccccc2Cl)cc1. The van der Waals surface area contributed by atoms with Crippen molar-refractivity contribution in [1.29, 1.82) is 0 Å². The molecule has 0 atom stereocenters. The van der Waals surface area contributed by atoms with E-state index in [1.165, 1.54) is 16.4 Å². The van der Waals surface area contributed by atoms with E-state index in [9.17, 15) is 13.2 Å². The maximum Gasteiger partial charge on any atom is 0.257 e. The van der Waals surface area contributed by atoms with Crippen molar-refractivity contribution in [2.24, 2.45) is 0 Å². The van der Waals surface area contributed by atoms with E-state index in [4.69, 9.17) is 11.6 Å². The van der Waals surface area contributed by atoms with E-state index in [0.29, 0.717) is 29.4 Å². The molecule has 2 rings (SSSR count). The van der Waals surface area contributed by atoms with Gasteiger partial charge in [0, 0.05) is 18.8 Å². The Labute approximate surface area is 160 Å². The van der Waals surface area contributed by atoms with Crippen molar-refractivity contribution in [2.45, 2.75) is 31.6 Å². The minimum Gasteiger partial charge on any atom is -0.322 e. The molecule has 7 heteroatoms. The van der Waals surface area contributed by atoms with E-state index in [2.05, 4.69) is 5.32 Å². The standard InChI is InChI=1S/C19H23ClN2O3S/c1-3-13-22(14-4-2)26(24,25)16-11-9-15(10-12-16)21-19(23)17-7-5-6-8-18(17)20/h5-12H,3-4,13-14H2,1-2H3,(H,21,23). The second-order valence-electron chi connectivity index (χ2n) is 5.86. The van der Waals surface area contributed by atoms with Crippen molar-refractivity contribution in [3.8, 4) is 0 Å². The Morgan fingerprint density at radius 2 is 1.58 bits per heavy atom. The van der Waals surface area contributed by atoms with Gasteiger partial charge in [-0.3, -0.25) is 4.79 Å². The molecule has 2 aromatic carbocycles. The van der Waals surface area contributed by atoms with Crippen LogP contribution in [0.4, 0.5) is 5.69 Å². The molecule has 0 saturated heterocycles. The molecular formula is C19H23ClN2O3S. The average molecular weight is 395 g/mol. The summed E-state index contributed by atoms with van der Waals surface area (Å²) in [6, 6.07) is 12.9. The molecule has 0 aliphatic rings. The number of benzene rings is 2. The number of hydrogen-bond donors (Lipinski definition) is 1. The number of rotatable bonds is 8. The van der Waals surface area contributed by atoms with Crippen LogP contribution in [0.2, 0.25) is 5.02 Å². The van der Waals surface area contributed by atoms with Crippen LogP contribution in [-0.2, 0) is 10.0 Å². The summed E-state index contributed by atoms with van der Waals surface area (Å²) >= 11 is 6.02. The molecule has 0 unspecified atom stereocenters. The highest BCUT2D eigenvalue weighted by Gasteiger charge is 2.23. The molecule has 0 spiro atoms. The van der Waals surface area contributed by atoms with Crippen molar-refractivity contribution in [2.75, 3.05) is 18.4 Å². The van der Waals surface area contributed by atoms with Crippen molar-refractivity contribution in [3.63, 3.8) is 0 Å². The zero-order chi connectivity index (χ0) is 19.2. The maximum absolute atomic E-state index is 12.7. The molecule has 0 radical (unpaired) electrons. The highest BCUT2D eigenvalue weighted by Crippen LogP contribution is 2.21. The Kier molecular flexibility index (Phi) is 7.20. The smallest absolute Gasteiger partial charge is 0.257 e. The number of anilines is 1. The lowest BCUT2D eigenvalue weighted by atomic mass is 10.2. The van der Waals surface area contributed by atoms with Gasteiger partial charge < -0.3 is 5.32 Å². The Hall–Kier alpha value is -1.89. The van der Waals surface area contributed by atoms with Crippen LogP contribution in [0.15, 0.2) is 53.4 Å². The molecule has 0 heterocycles. The molecule has 0 bridgehead atoms. The normalized spacial score (nSPS) is 11.5. The first-order valence-electron chi connectivity index (χ1n) is 8.56. The summed E-state index contributed by atoms with van der Waals surface area (Å²) in [5.74, 6) is -0.343. The minimum atomic E-state index is -3.53. The van der Waals surface area contributed by atoms with Crippen LogP contribution in [0, 0.1) is 0 Å². The molecule has 0 aliphatic carbocycles. The van der Waals surface area contributed by atoms with Crippen LogP contribution in [0.3, 0.4) is 0 Å². The summed E-state index contributed by atoms with van der Waals surface area (Å²) < 4.78 is 27.0. The van der Waals surface area contributed by atoms with Gasteiger partial charge in [-0.1, -0.05) is 37.6 Å². The first-order valence-corrected chi connectivity index (χ1v) is 10.4. The third-order valence-corrected chi connectivity index (χ3v) is 6.06. The summed E-state index contributed by atoms with van der Waals surface area (Å²) in [7, 11) is -3.53. The molecule has 0 fully saturated rings. The third-order valence-electron chi connectivity index (χ3n) is 3.81. The zero-order valence-electron chi connectivity index (χ0n) is 14.9. The van der Waals surface area contributed by atoms with Crippen molar-refractivity contribution < 1.29 is 13.2 Å². The highest BCUT2D eigenvalue weighted by molar-refractivity contribution is 7.89. The Balaban J connectivity index is 2.17. The van der Waals surface area contributed by atoms with Gasteiger partial charge in [0.15, 0.2) is 0 Å². The van der Waals surface area contributed by atoms with Gasteiger partial charge in [0.2, 0.25) is 10.0 Å². The van der Waals surface area contributed by atoms with Crippen molar-refractivity contribution in [1.82, 2.24) is 4.31 Å². The van der Waals surface area contributed by atoms with Gasteiger partial charge in [-0.2, -0.15) is 4.31 Å². The molecule has 26 heavy (non-hydrogen) atoms. The molecule has 0 aromatic heterocycles. The molecule has 5 nitrogen and oxygen atoms in total. The molecule has 0 aliphatic heterocycles. The fourth-order valence-corrected chi connectivity index (χ4v) is 4.40. The number of hydrogen-bond acceptors (Lipinski definition) is 3. The predicted octanol–water partition coefficient (Wildman–Crippen LogP) is 4.40.